The van der Waals surface area contributed by atoms with Crippen LogP contribution in [-0.2, 0) is 33.3 Å². The minimum Gasteiger partial charge on any atom is -0.370 e. The van der Waals surface area contributed by atoms with Crippen molar-refractivity contribution in [3.8, 4) is 0 Å². The van der Waals surface area contributed by atoms with Crippen LogP contribution in [0, 0.1) is 13.8 Å². The number of hydrogen-bond acceptors (Lipinski definition) is 10. The van der Waals surface area contributed by atoms with E-state index < -0.39 is 20.2 Å². The van der Waals surface area contributed by atoms with Gasteiger partial charge in [0.25, 0.3) is 20.2 Å². The average Bonchev–Trinajstić information content (AvgIpc) is 3.13. The molecule has 6 rings (SSSR count). The Morgan fingerprint density at radius 2 is 0.870 bits per heavy atom. The molecule has 0 fully saturated rings. The van der Waals surface area contributed by atoms with Gasteiger partial charge in [-0.2, -0.15) is 37.3 Å². The predicted molar refractivity (Wildman–Crippen MR) is 211 cm³/mol. The van der Waals surface area contributed by atoms with E-state index in [4.69, 9.17) is 0 Å². The summed E-state index contributed by atoms with van der Waals surface area (Å²) in [6.45, 7) is 5.28. The Bertz CT molecular complexity index is 2430. The fraction of sp³-hybridized carbons (Fsp3) is 0.150. The van der Waals surface area contributed by atoms with Gasteiger partial charge in [0.1, 0.15) is 0 Å². The Kier molecular flexibility index (Phi) is 11.0. The van der Waals surface area contributed by atoms with Gasteiger partial charge in [-0.05, 0) is 132 Å². The van der Waals surface area contributed by atoms with E-state index in [0.717, 1.165) is 22.5 Å². The summed E-state index contributed by atoms with van der Waals surface area (Å²) in [6, 6.07) is 35.7. The van der Waals surface area contributed by atoms with Crippen molar-refractivity contribution < 1.29 is 25.9 Å². The number of nitrogens with zero attached hydrogens (tertiary/aromatic N) is 6. The number of rotatable bonds is 12. The first-order valence-electron chi connectivity index (χ1n) is 16.8. The van der Waals surface area contributed by atoms with E-state index in [2.05, 4.69) is 78.8 Å². The normalized spacial score (nSPS) is 12.2. The van der Waals surface area contributed by atoms with E-state index in [1.165, 1.54) is 70.4 Å². The molecule has 0 bridgehead atoms. The largest absolute Gasteiger partial charge is 0.370 e. The molecule has 0 atom stereocenters. The summed E-state index contributed by atoms with van der Waals surface area (Å²) >= 11 is 0. The van der Waals surface area contributed by atoms with Crippen molar-refractivity contribution in [2.45, 2.75) is 36.7 Å². The van der Waals surface area contributed by atoms with Crippen molar-refractivity contribution in [1.29, 1.82) is 0 Å². The summed E-state index contributed by atoms with van der Waals surface area (Å²) in [5.41, 5.74) is 8.57. The van der Waals surface area contributed by atoms with Gasteiger partial charge in [-0.15, -0.1) is 0 Å². The van der Waals surface area contributed by atoms with Crippen molar-refractivity contribution in [3.05, 3.63) is 144 Å². The van der Waals surface area contributed by atoms with Gasteiger partial charge in [0.2, 0.25) is 0 Å². The summed E-state index contributed by atoms with van der Waals surface area (Å²) < 4.78 is 63.6. The maximum absolute atomic E-state index is 11.3. The highest BCUT2D eigenvalue weighted by Gasteiger charge is 2.13. The standard InChI is InChI=1S/C40H38N6O6S2/c1-27-23-33(15-21-39(27)43-41-31-11-17-35(18-12-31)53(47,48)49)45(3)25-29-7-5-10-38-30(8-6-9-37(29)38)26-46(4)34-16-22-40(28(2)24-34)44-42-32-13-19-36(20-14-32)54(50,51)52/h5-24H,25-26H2,1-4H3,(H,47,48,49)(H,50,51,52). The Morgan fingerprint density at radius 3 is 1.20 bits per heavy atom. The van der Waals surface area contributed by atoms with Crippen LogP contribution in [0.2, 0.25) is 0 Å². The van der Waals surface area contributed by atoms with Crippen LogP contribution in [0.15, 0.2) is 152 Å². The molecule has 14 heteroatoms. The highest BCUT2D eigenvalue weighted by molar-refractivity contribution is 7.86. The molecule has 2 N–H and O–H groups in total. The smallest absolute Gasteiger partial charge is 0.294 e. The molecule has 0 unspecified atom stereocenters. The third-order valence-corrected chi connectivity index (χ3v) is 10.7. The first-order valence-corrected chi connectivity index (χ1v) is 19.7. The molecule has 0 saturated carbocycles. The second-order valence-electron chi connectivity index (χ2n) is 12.9. The van der Waals surface area contributed by atoms with Gasteiger partial charge >= 0.3 is 0 Å². The van der Waals surface area contributed by atoms with E-state index in [-0.39, 0.29) is 9.79 Å². The number of benzene rings is 6. The summed E-state index contributed by atoms with van der Waals surface area (Å²) in [7, 11) is -4.44. The van der Waals surface area contributed by atoms with Crippen LogP contribution in [0.3, 0.4) is 0 Å². The Hall–Kier alpha value is -5.80. The topological polar surface area (TPSA) is 165 Å². The number of anilines is 2. The lowest BCUT2D eigenvalue weighted by atomic mass is 9.99. The number of fused-ring (bicyclic) bond motifs is 1. The minimum atomic E-state index is -4.27. The van der Waals surface area contributed by atoms with Gasteiger partial charge in [0.05, 0.1) is 32.5 Å². The zero-order valence-electron chi connectivity index (χ0n) is 30.0. The molecule has 0 aromatic heterocycles. The SMILES string of the molecule is Cc1cc(N(C)Cc2cccc3c(CN(C)c4ccc(N=Nc5ccc(S(=O)(=O)O)cc5)c(C)c4)cccc23)ccc1N=Nc1ccc(S(=O)(=O)O)cc1. The van der Waals surface area contributed by atoms with Crippen LogP contribution < -0.4 is 9.80 Å². The Labute approximate surface area is 314 Å². The molecule has 0 aliphatic rings. The fourth-order valence-electron chi connectivity index (χ4n) is 5.98. The molecule has 0 radical (unpaired) electrons. The molecule has 0 aliphatic heterocycles. The van der Waals surface area contributed by atoms with Crippen LogP contribution in [0.1, 0.15) is 22.3 Å². The molecule has 0 aliphatic carbocycles. The molecule has 6 aromatic carbocycles. The van der Waals surface area contributed by atoms with Gasteiger partial charge in [0.15, 0.2) is 0 Å². The van der Waals surface area contributed by atoms with Crippen molar-refractivity contribution in [2.75, 3.05) is 23.9 Å². The second-order valence-corrected chi connectivity index (χ2v) is 15.8. The first-order chi connectivity index (χ1) is 25.7. The van der Waals surface area contributed by atoms with Gasteiger partial charge < -0.3 is 9.80 Å². The fourth-order valence-corrected chi connectivity index (χ4v) is 6.94. The second kappa shape index (κ2) is 15.7. The van der Waals surface area contributed by atoms with Crippen LogP contribution in [0.25, 0.3) is 10.8 Å². The van der Waals surface area contributed by atoms with Crippen molar-refractivity contribution in [2.24, 2.45) is 20.5 Å². The highest BCUT2D eigenvalue weighted by atomic mass is 32.2. The molecule has 0 heterocycles. The van der Waals surface area contributed by atoms with Crippen molar-refractivity contribution >= 4 is 65.1 Å². The Morgan fingerprint density at radius 1 is 0.500 bits per heavy atom. The van der Waals surface area contributed by atoms with E-state index in [0.29, 0.717) is 35.8 Å². The van der Waals surface area contributed by atoms with E-state index >= 15 is 0 Å². The minimum absolute atomic E-state index is 0.200. The van der Waals surface area contributed by atoms with Gasteiger partial charge in [-0.1, -0.05) is 36.4 Å². The quantitative estimate of drug-likeness (QED) is 0.0918. The molecule has 0 amide bonds. The lowest BCUT2D eigenvalue weighted by Crippen LogP contribution is -2.18. The van der Waals surface area contributed by atoms with Crippen LogP contribution >= 0.6 is 0 Å². The van der Waals surface area contributed by atoms with Crippen molar-refractivity contribution in [3.63, 3.8) is 0 Å². The maximum atomic E-state index is 11.3. The molecule has 54 heavy (non-hydrogen) atoms. The zero-order valence-corrected chi connectivity index (χ0v) is 31.6. The molecule has 0 spiro atoms. The summed E-state index contributed by atoms with van der Waals surface area (Å²) in [4.78, 5) is 3.97. The van der Waals surface area contributed by atoms with Crippen LogP contribution in [0.5, 0.6) is 0 Å². The van der Waals surface area contributed by atoms with Gasteiger partial charge in [-0.25, -0.2) is 0 Å². The van der Waals surface area contributed by atoms with Gasteiger partial charge in [0, 0.05) is 38.6 Å². The molecule has 6 aromatic rings. The summed E-state index contributed by atoms with van der Waals surface area (Å²) in [5.74, 6) is 0. The third kappa shape index (κ3) is 9.04. The monoisotopic (exact) mass is 762 g/mol. The molecule has 12 nitrogen and oxygen atoms in total. The molecule has 0 saturated heterocycles. The Balaban J connectivity index is 1.13. The predicted octanol–water partition coefficient (Wildman–Crippen LogP) is 10.1. The number of aryl methyl sites for hydroxylation is 2. The summed E-state index contributed by atoms with van der Waals surface area (Å²) in [6.07, 6.45) is 0. The lowest BCUT2D eigenvalue weighted by molar-refractivity contribution is 0.481. The summed E-state index contributed by atoms with van der Waals surface area (Å²) in [5, 5.41) is 19.5. The third-order valence-electron chi connectivity index (χ3n) is 8.98. The zero-order chi connectivity index (χ0) is 38.6. The van der Waals surface area contributed by atoms with Crippen LogP contribution in [0.4, 0.5) is 34.1 Å². The van der Waals surface area contributed by atoms with E-state index in [1.807, 2.05) is 52.2 Å². The number of azo groups is 2. The molecule has 276 valence electrons. The number of hydrogen-bond donors (Lipinski definition) is 2. The van der Waals surface area contributed by atoms with Gasteiger partial charge in [-0.3, -0.25) is 9.11 Å². The first kappa shape index (κ1) is 37.9. The molecular weight excluding hydrogens is 725 g/mol. The van der Waals surface area contributed by atoms with Crippen molar-refractivity contribution in [1.82, 2.24) is 0 Å². The molecular formula is C40H38N6O6S2. The van der Waals surface area contributed by atoms with Crippen LogP contribution in [-0.4, -0.2) is 40.0 Å². The lowest BCUT2D eigenvalue weighted by Gasteiger charge is -2.23. The maximum Gasteiger partial charge on any atom is 0.294 e. The average molecular weight is 763 g/mol. The highest BCUT2D eigenvalue weighted by Crippen LogP contribution is 2.31. The van der Waals surface area contributed by atoms with E-state index in [1.54, 1.807) is 0 Å². The van der Waals surface area contributed by atoms with E-state index in [9.17, 15) is 25.9 Å².